The van der Waals surface area contributed by atoms with Crippen molar-refractivity contribution in [3.63, 3.8) is 0 Å². The molecule has 1 saturated heterocycles. The lowest BCUT2D eigenvalue weighted by molar-refractivity contribution is -0.130. The minimum Gasteiger partial charge on any atom is -0.343 e. The number of benzene rings is 1. The van der Waals surface area contributed by atoms with E-state index in [0.29, 0.717) is 10.6 Å². The van der Waals surface area contributed by atoms with Gasteiger partial charge in [-0.1, -0.05) is 17.7 Å². The molecule has 1 fully saturated rings. The fourth-order valence-electron chi connectivity index (χ4n) is 2.51. The molecule has 19 heavy (non-hydrogen) atoms. The largest absolute Gasteiger partial charge is 0.343 e. The SMILES string of the molecule is NCC(CC(=O)N1CCCC1)c1c(F)cccc1Cl. The van der Waals surface area contributed by atoms with E-state index in [-0.39, 0.29) is 24.8 Å². The molecule has 0 radical (unpaired) electrons. The molecule has 0 aromatic heterocycles. The predicted molar refractivity (Wildman–Crippen MR) is 73.6 cm³/mol. The Hall–Kier alpha value is -1.13. The van der Waals surface area contributed by atoms with Crippen molar-refractivity contribution in [2.75, 3.05) is 19.6 Å². The second-order valence-electron chi connectivity index (χ2n) is 4.86. The molecule has 1 atom stereocenters. The average molecular weight is 285 g/mol. The first-order valence-electron chi connectivity index (χ1n) is 6.55. The summed E-state index contributed by atoms with van der Waals surface area (Å²) < 4.78 is 13.9. The third-order valence-electron chi connectivity index (χ3n) is 3.57. The lowest BCUT2D eigenvalue weighted by atomic mass is 9.94. The summed E-state index contributed by atoms with van der Waals surface area (Å²) >= 11 is 6.03. The number of halogens is 2. The molecule has 2 rings (SSSR count). The fourth-order valence-corrected chi connectivity index (χ4v) is 2.83. The zero-order valence-corrected chi connectivity index (χ0v) is 11.5. The van der Waals surface area contributed by atoms with Gasteiger partial charge >= 0.3 is 0 Å². The Morgan fingerprint density at radius 3 is 2.68 bits per heavy atom. The Bertz CT molecular complexity index is 441. The first-order chi connectivity index (χ1) is 9.13. The van der Waals surface area contributed by atoms with Crippen molar-refractivity contribution in [2.45, 2.75) is 25.2 Å². The number of carbonyl (C=O) groups excluding carboxylic acids is 1. The molecule has 1 aromatic carbocycles. The van der Waals surface area contributed by atoms with Crippen LogP contribution in [0, 0.1) is 5.82 Å². The van der Waals surface area contributed by atoms with Crippen LogP contribution in [0.3, 0.4) is 0 Å². The van der Waals surface area contributed by atoms with Gasteiger partial charge in [0.05, 0.1) is 0 Å². The van der Waals surface area contributed by atoms with E-state index in [1.807, 2.05) is 4.90 Å². The van der Waals surface area contributed by atoms with E-state index >= 15 is 0 Å². The number of likely N-dealkylation sites (tertiary alicyclic amines) is 1. The number of nitrogens with zero attached hydrogens (tertiary/aromatic N) is 1. The van der Waals surface area contributed by atoms with Crippen LogP contribution in [0.2, 0.25) is 5.02 Å². The Kier molecular flexibility index (Phi) is 4.77. The second kappa shape index (κ2) is 6.35. The van der Waals surface area contributed by atoms with Crippen molar-refractivity contribution in [2.24, 2.45) is 5.73 Å². The molecule has 1 aliphatic heterocycles. The van der Waals surface area contributed by atoms with Gasteiger partial charge in [-0.15, -0.1) is 0 Å². The van der Waals surface area contributed by atoms with E-state index in [1.165, 1.54) is 6.07 Å². The Balaban J connectivity index is 2.13. The van der Waals surface area contributed by atoms with Gasteiger partial charge in [0.1, 0.15) is 5.82 Å². The van der Waals surface area contributed by atoms with Gasteiger partial charge in [-0.05, 0) is 31.5 Å². The summed E-state index contributed by atoms with van der Waals surface area (Å²) in [5, 5.41) is 0.338. The van der Waals surface area contributed by atoms with Gasteiger partial charge in [0, 0.05) is 36.0 Å². The lowest BCUT2D eigenvalue weighted by Crippen LogP contribution is -2.30. The molecular formula is C14H18ClFN2O. The highest BCUT2D eigenvalue weighted by Gasteiger charge is 2.25. The van der Waals surface area contributed by atoms with E-state index < -0.39 is 5.82 Å². The maximum Gasteiger partial charge on any atom is 0.223 e. The van der Waals surface area contributed by atoms with Crippen molar-refractivity contribution in [1.29, 1.82) is 0 Å². The van der Waals surface area contributed by atoms with Crippen molar-refractivity contribution in [1.82, 2.24) is 4.90 Å². The van der Waals surface area contributed by atoms with Crippen LogP contribution in [0.4, 0.5) is 4.39 Å². The van der Waals surface area contributed by atoms with Crippen LogP contribution in [0.25, 0.3) is 0 Å². The van der Waals surface area contributed by atoms with Crippen molar-refractivity contribution in [3.05, 3.63) is 34.6 Å². The van der Waals surface area contributed by atoms with E-state index in [2.05, 4.69) is 0 Å². The Morgan fingerprint density at radius 1 is 1.42 bits per heavy atom. The van der Waals surface area contributed by atoms with Crippen molar-refractivity contribution >= 4 is 17.5 Å². The molecule has 1 aliphatic rings. The van der Waals surface area contributed by atoms with Crippen LogP contribution in [0.1, 0.15) is 30.7 Å². The molecule has 3 nitrogen and oxygen atoms in total. The highest BCUT2D eigenvalue weighted by atomic mass is 35.5. The standard InChI is InChI=1S/C14H18ClFN2O/c15-11-4-3-5-12(16)14(11)10(9-17)8-13(19)18-6-1-2-7-18/h3-5,10H,1-2,6-9,17H2. The normalized spacial score (nSPS) is 16.7. The topological polar surface area (TPSA) is 46.3 Å². The maximum atomic E-state index is 13.9. The molecule has 1 amide bonds. The molecule has 2 N–H and O–H groups in total. The smallest absolute Gasteiger partial charge is 0.223 e. The van der Waals surface area contributed by atoms with Crippen LogP contribution >= 0.6 is 11.6 Å². The first kappa shape index (κ1) is 14.3. The molecular weight excluding hydrogens is 267 g/mol. The Labute approximate surface area is 117 Å². The molecule has 1 aromatic rings. The summed E-state index contributed by atoms with van der Waals surface area (Å²) in [4.78, 5) is 13.9. The molecule has 1 heterocycles. The average Bonchev–Trinajstić information content (AvgIpc) is 2.91. The molecule has 0 aliphatic carbocycles. The minimum absolute atomic E-state index is 0.0345. The monoisotopic (exact) mass is 284 g/mol. The van der Waals surface area contributed by atoms with Crippen LogP contribution < -0.4 is 5.73 Å². The fraction of sp³-hybridized carbons (Fsp3) is 0.500. The second-order valence-corrected chi connectivity index (χ2v) is 5.27. The minimum atomic E-state index is -0.392. The van der Waals surface area contributed by atoms with E-state index in [9.17, 15) is 9.18 Å². The molecule has 5 heteroatoms. The summed E-state index contributed by atoms with van der Waals surface area (Å²) in [7, 11) is 0. The lowest BCUT2D eigenvalue weighted by Gasteiger charge is -2.21. The van der Waals surface area contributed by atoms with E-state index in [4.69, 9.17) is 17.3 Å². The Morgan fingerprint density at radius 2 is 2.11 bits per heavy atom. The number of amides is 1. The quantitative estimate of drug-likeness (QED) is 0.923. The van der Waals surface area contributed by atoms with Crippen molar-refractivity contribution in [3.8, 4) is 0 Å². The highest BCUT2D eigenvalue weighted by Crippen LogP contribution is 2.29. The molecule has 1 unspecified atom stereocenters. The third-order valence-corrected chi connectivity index (χ3v) is 3.90. The third kappa shape index (κ3) is 3.25. The summed E-state index contributed by atoms with van der Waals surface area (Å²) in [6.07, 6.45) is 2.30. The van der Waals surface area contributed by atoms with Gasteiger partial charge in [0.25, 0.3) is 0 Å². The van der Waals surface area contributed by atoms with Gasteiger partial charge < -0.3 is 10.6 Å². The van der Waals surface area contributed by atoms with Crippen LogP contribution in [-0.2, 0) is 4.79 Å². The van der Waals surface area contributed by atoms with Crippen molar-refractivity contribution < 1.29 is 9.18 Å². The van der Waals surface area contributed by atoms with E-state index in [1.54, 1.807) is 12.1 Å². The summed E-state index contributed by atoms with van der Waals surface area (Å²) in [5.41, 5.74) is 6.05. The zero-order chi connectivity index (χ0) is 13.8. The van der Waals surface area contributed by atoms with Gasteiger partial charge in [-0.2, -0.15) is 0 Å². The molecule has 104 valence electrons. The predicted octanol–water partition coefficient (Wildman–Crippen LogP) is 2.53. The van der Waals surface area contributed by atoms with Crippen LogP contribution in [0.5, 0.6) is 0 Å². The first-order valence-corrected chi connectivity index (χ1v) is 6.93. The van der Waals surface area contributed by atoms with Gasteiger partial charge in [0.15, 0.2) is 0 Å². The summed E-state index contributed by atoms with van der Waals surface area (Å²) in [6, 6.07) is 4.53. The van der Waals surface area contributed by atoms with E-state index in [0.717, 1.165) is 25.9 Å². The van der Waals surface area contributed by atoms with Crippen LogP contribution in [-0.4, -0.2) is 30.4 Å². The molecule has 0 saturated carbocycles. The zero-order valence-electron chi connectivity index (χ0n) is 10.7. The molecule has 0 spiro atoms. The summed E-state index contributed by atoms with van der Waals surface area (Å²) in [5.74, 6) is -0.716. The van der Waals surface area contributed by atoms with Crippen LogP contribution in [0.15, 0.2) is 18.2 Å². The van der Waals surface area contributed by atoms with Gasteiger partial charge in [-0.25, -0.2) is 4.39 Å². The number of hydrogen-bond donors (Lipinski definition) is 1. The highest BCUT2D eigenvalue weighted by molar-refractivity contribution is 6.31. The molecule has 0 bridgehead atoms. The number of carbonyl (C=O) groups is 1. The number of hydrogen-bond acceptors (Lipinski definition) is 2. The number of nitrogens with two attached hydrogens (primary N) is 1. The van der Waals surface area contributed by atoms with Gasteiger partial charge in [-0.3, -0.25) is 4.79 Å². The number of rotatable bonds is 4. The van der Waals surface area contributed by atoms with Gasteiger partial charge in [0.2, 0.25) is 5.91 Å². The maximum absolute atomic E-state index is 13.9. The summed E-state index contributed by atoms with van der Waals surface area (Å²) in [6.45, 7) is 1.79.